The average Bonchev–Trinajstić information content (AvgIpc) is 2.29. The molecule has 0 aliphatic carbocycles. The SMILES string of the molecule is Nc1c(-c2cccc(F)c2)ccnc1C(=O)O. The molecule has 5 heteroatoms. The highest BCUT2D eigenvalue weighted by molar-refractivity contribution is 5.96. The third kappa shape index (κ3) is 2.08. The van der Waals surface area contributed by atoms with E-state index >= 15 is 0 Å². The van der Waals surface area contributed by atoms with Gasteiger partial charge < -0.3 is 10.8 Å². The lowest BCUT2D eigenvalue weighted by Crippen LogP contribution is -2.06. The minimum atomic E-state index is -1.21. The summed E-state index contributed by atoms with van der Waals surface area (Å²) in [6.07, 6.45) is 1.33. The summed E-state index contributed by atoms with van der Waals surface area (Å²) in [5, 5.41) is 8.88. The van der Waals surface area contributed by atoms with Gasteiger partial charge in [0.1, 0.15) is 5.82 Å². The van der Waals surface area contributed by atoms with Crippen LogP contribution in [0.1, 0.15) is 10.5 Å². The Morgan fingerprint density at radius 2 is 2.12 bits per heavy atom. The van der Waals surface area contributed by atoms with Gasteiger partial charge in [0.05, 0.1) is 5.69 Å². The predicted octanol–water partition coefficient (Wildman–Crippen LogP) is 2.17. The predicted molar refractivity (Wildman–Crippen MR) is 61.0 cm³/mol. The van der Waals surface area contributed by atoms with Crippen LogP contribution in [-0.4, -0.2) is 16.1 Å². The summed E-state index contributed by atoms with van der Waals surface area (Å²) in [6.45, 7) is 0. The lowest BCUT2D eigenvalue weighted by molar-refractivity contribution is 0.0692. The van der Waals surface area contributed by atoms with Gasteiger partial charge in [-0.15, -0.1) is 0 Å². The maximum absolute atomic E-state index is 13.1. The van der Waals surface area contributed by atoms with Gasteiger partial charge in [-0.25, -0.2) is 14.2 Å². The van der Waals surface area contributed by atoms with E-state index in [0.717, 1.165) is 0 Å². The normalized spacial score (nSPS) is 10.2. The second-order valence-corrected chi connectivity index (χ2v) is 3.44. The van der Waals surface area contributed by atoms with Crippen molar-refractivity contribution in [1.29, 1.82) is 0 Å². The molecule has 0 atom stereocenters. The maximum Gasteiger partial charge on any atom is 0.356 e. The van der Waals surface area contributed by atoms with Gasteiger partial charge in [0.15, 0.2) is 5.69 Å². The number of halogens is 1. The van der Waals surface area contributed by atoms with Gasteiger partial charge in [0.2, 0.25) is 0 Å². The Bertz CT molecular complexity index is 584. The highest BCUT2D eigenvalue weighted by Gasteiger charge is 2.13. The molecule has 4 nitrogen and oxygen atoms in total. The van der Waals surface area contributed by atoms with E-state index in [1.807, 2.05) is 0 Å². The van der Waals surface area contributed by atoms with E-state index in [2.05, 4.69) is 4.98 Å². The first kappa shape index (κ1) is 11.1. The van der Waals surface area contributed by atoms with Crippen molar-refractivity contribution in [2.24, 2.45) is 0 Å². The number of rotatable bonds is 2. The minimum Gasteiger partial charge on any atom is -0.476 e. The number of hydrogen-bond donors (Lipinski definition) is 2. The summed E-state index contributed by atoms with van der Waals surface area (Å²) in [7, 11) is 0. The fourth-order valence-corrected chi connectivity index (χ4v) is 1.55. The minimum absolute atomic E-state index is 0.0330. The number of hydrogen-bond acceptors (Lipinski definition) is 3. The molecule has 0 saturated heterocycles. The maximum atomic E-state index is 13.1. The monoisotopic (exact) mass is 232 g/mol. The van der Waals surface area contributed by atoms with Gasteiger partial charge in [0, 0.05) is 11.8 Å². The number of carboxylic acids is 1. The summed E-state index contributed by atoms with van der Waals surface area (Å²) in [5.41, 5.74) is 6.48. The average molecular weight is 232 g/mol. The third-order valence-electron chi connectivity index (χ3n) is 2.33. The van der Waals surface area contributed by atoms with Crippen molar-refractivity contribution < 1.29 is 14.3 Å². The molecule has 0 spiro atoms. The van der Waals surface area contributed by atoms with Crippen molar-refractivity contribution in [3.05, 3.63) is 48.0 Å². The second-order valence-electron chi connectivity index (χ2n) is 3.44. The van der Waals surface area contributed by atoms with Crippen LogP contribution in [-0.2, 0) is 0 Å². The fourth-order valence-electron chi connectivity index (χ4n) is 1.55. The number of carboxylic acid groups (broad SMARTS) is 1. The van der Waals surface area contributed by atoms with Gasteiger partial charge in [-0.05, 0) is 23.8 Å². The van der Waals surface area contributed by atoms with Crippen LogP contribution in [0.5, 0.6) is 0 Å². The number of nitrogens with zero attached hydrogens (tertiary/aromatic N) is 1. The van der Waals surface area contributed by atoms with E-state index in [1.165, 1.54) is 24.4 Å². The van der Waals surface area contributed by atoms with Gasteiger partial charge >= 0.3 is 5.97 Å². The quantitative estimate of drug-likeness (QED) is 0.831. The van der Waals surface area contributed by atoms with Gasteiger partial charge in [-0.2, -0.15) is 0 Å². The zero-order chi connectivity index (χ0) is 12.4. The van der Waals surface area contributed by atoms with Crippen LogP contribution in [0.15, 0.2) is 36.5 Å². The van der Waals surface area contributed by atoms with Crippen LogP contribution in [0, 0.1) is 5.82 Å². The molecule has 0 amide bonds. The Balaban J connectivity index is 2.60. The van der Waals surface area contributed by atoms with Crippen molar-refractivity contribution >= 4 is 11.7 Å². The lowest BCUT2D eigenvalue weighted by atomic mass is 10.0. The second kappa shape index (κ2) is 4.21. The zero-order valence-electron chi connectivity index (χ0n) is 8.72. The third-order valence-corrected chi connectivity index (χ3v) is 2.33. The van der Waals surface area contributed by atoms with E-state index in [1.54, 1.807) is 12.1 Å². The van der Waals surface area contributed by atoms with Crippen LogP contribution in [0.2, 0.25) is 0 Å². The van der Waals surface area contributed by atoms with E-state index in [9.17, 15) is 9.18 Å². The van der Waals surface area contributed by atoms with Crippen LogP contribution >= 0.6 is 0 Å². The first-order chi connectivity index (χ1) is 8.09. The molecular weight excluding hydrogens is 223 g/mol. The number of benzene rings is 1. The molecule has 3 N–H and O–H groups in total. The van der Waals surface area contributed by atoms with Gasteiger partial charge in [-0.1, -0.05) is 12.1 Å². The van der Waals surface area contributed by atoms with Crippen molar-refractivity contribution in [1.82, 2.24) is 4.98 Å². The van der Waals surface area contributed by atoms with E-state index < -0.39 is 11.8 Å². The highest BCUT2D eigenvalue weighted by Crippen LogP contribution is 2.27. The van der Waals surface area contributed by atoms with Crippen LogP contribution in [0.3, 0.4) is 0 Å². The smallest absolute Gasteiger partial charge is 0.356 e. The van der Waals surface area contributed by atoms with Crippen molar-refractivity contribution in [2.75, 3.05) is 5.73 Å². The first-order valence-electron chi connectivity index (χ1n) is 4.83. The summed E-state index contributed by atoms with van der Waals surface area (Å²) in [4.78, 5) is 14.5. The Hall–Kier alpha value is -2.43. The highest BCUT2D eigenvalue weighted by atomic mass is 19.1. The molecule has 1 aromatic heterocycles. The van der Waals surface area contributed by atoms with E-state index in [0.29, 0.717) is 11.1 Å². The molecule has 1 heterocycles. The Morgan fingerprint density at radius 3 is 2.76 bits per heavy atom. The summed E-state index contributed by atoms with van der Waals surface area (Å²) < 4.78 is 13.1. The molecular formula is C12H9FN2O2. The van der Waals surface area contributed by atoms with Crippen LogP contribution in [0.4, 0.5) is 10.1 Å². The number of anilines is 1. The number of nitrogens with two attached hydrogens (primary N) is 1. The molecule has 0 saturated carbocycles. The summed E-state index contributed by atoms with van der Waals surface area (Å²) in [5.74, 6) is -1.61. The molecule has 2 aromatic rings. The number of aromatic carboxylic acids is 1. The molecule has 1 aromatic carbocycles. The van der Waals surface area contributed by atoms with Crippen molar-refractivity contribution in [2.45, 2.75) is 0 Å². The molecule has 0 radical (unpaired) electrons. The van der Waals surface area contributed by atoms with Gasteiger partial charge in [0.25, 0.3) is 0 Å². The number of carbonyl (C=O) groups is 1. The van der Waals surface area contributed by atoms with Crippen LogP contribution < -0.4 is 5.73 Å². The van der Waals surface area contributed by atoms with Crippen LogP contribution in [0.25, 0.3) is 11.1 Å². The molecule has 0 fully saturated rings. The lowest BCUT2D eigenvalue weighted by Gasteiger charge is -2.07. The summed E-state index contributed by atoms with van der Waals surface area (Å²) in [6, 6.07) is 7.33. The largest absolute Gasteiger partial charge is 0.476 e. The Morgan fingerprint density at radius 1 is 1.35 bits per heavy atom. The molecule has 86 valence electrons. The Labute approximate surface area is 96.5 Å². The van der Waals surface area contributed by atoms with E-state index in [-0.39, 0.29) is 11.4 Å². The molecule has 0 bridgehead atoms. The molecule has 0 aliphatic rings. The summed E-state index contributed by atoms with van der Waals surface area (Å²) >= 11 is 0. The van der Waals surface area contributed by atoms with Gasteiger partial charge in [-0.3, -0.25) is 0 Å². The Kier molecular flexibility index (Phi) is 2.74. The number of pyridine rings is 1. The topological polar surface area (TPSA) is 76.2 Å². The molecule has 2 rings (SSSR count). The standard InChI is InChI=1S/C12H9FN2O2/c13-8-3-1-2-7(6-8)9-4-5-15-11(10(9)14)12(16)17/h1-6H,14H2,(H,16,17). The number of aromatic nitrogens is 1. The molecule has 0 unspecified atom stereocenters. The van der Waals surface area contributed by atoms with Crippen molar-refractivity contribution in [3.63, 3.8) is 0 Å². The molecule has 0 aliphatic heterocycles. The molecule has 17 heavy (non-hydrogen) atoms. The first-order valence-corrected chi connectivity index (χ1v) is 4.83. The zero-order valence-corrected chi connectivity index (χ0v) is 8.72. The van der Waals surface area contributed by atoms with E-state index in [4.69, 9.17) is 10.8 Å². The van der Waals surface area contributed by atoms with Crippen molar-refractivity contribution in [3.8, 4) is 11.1 Å². The number of nitrogen functional groups attached to an aromatic ring is 1. The fraction of sp³-hybridized carbons (Fsp3) is 0.